The van der Waals surface area contributed by atoms with Gasteiger partial charge in [-0.05, 0) is 18.8 Å². The molecule has 0 radical (unpaired) electrons. The third-order valence-corrected chi connectivity index (χ3v) is 4.00. The SMILES string of the molecule is CC(C(=O)O)C1CN(CC(=O)NCC2CCCO2)C1. The number of carboxylic acid groups (broad SMARTS) is 1. The van der Waals surface area contributed by atoms with Crippen LogP contribution in [0.5, 0.6) is 0 Å². The molecule has 2 saturated heterocycles. The number of carbonyl (C=O) groups excluding carboxylic acids is 1. The maximum Gasteiger partial charge on any atom is 0.306 e. The number of aliphatic carboxylic acids is 1. The number of nitrogens with one attached hydrogen (secondary N) is 1. The van der Waals surface area contributed by atoms with E-state index in [0.717, 1.165) is 19.4 Å². The Balaban J connectivity index is 1.58. The monoisotopic (exact) mass is 270 g/mol. The van der Waals surface area contributed by atoms with Gasteiger partial charge in [0.25, 0.3) is 0 Å². The van der Waals surface area contributed by atoms with Crippen LogP contribution < -0.4 is 5.32 Å². The molecule has 2 N–H and O–H groups in total. The summed E-state index contributed by atoms with van der Waals surface area (Å²) in [5, 5.41) is 11.7. The second kappa shape index (κ2) is 6.34. The van der Waals surface area contributed by atoms with Crippen molar-refractivity contribution in [2.45, 2.75) is 25.9 Å². The van der Waals surface area contributed by atoms with Crippen molar-refractivity contribution in [2.24, 2.45) is 11.8 Å². The van der Waals surface area contributed by atoms with Gasteiger partial charge >= 0.3 is 5.97 Å². The fourth-order valence-electron chi connectivity index (χ4n) is 2.55. The summed E-state index contributed by atoms with van der Waals surface area (Å²) in [6, 6.07) is 0. The van der Waals surface area contributed by atoms with Crippen molar-refractivity contribution in [1.29, 1.82) is 0 Å². The van der Waals surface area contributed by atoms with E-state index in [1.54, 1.807) is 6.92 Å². The topological polar surface area (TPSA) is 78.9 Å². The Kier molecular flexibility index (Phi) is 4.76. The van der Waals surface area contributed by atoms with Crippen LogP contribution in [-0.4, -0.2) is 60.8 Å². The smallest absolute Gasteiger partial charge is 0.306 e. The third-order valence-electron chi connectivity index (χ3n) is 4.00. The van der Waals surface area contributed by atoms with Gasteiger partial charge in [-0.15, -0.1) is 0 Å². The summed E-state index contributed by atoms with van der Waals surface area (Å²) in [6.07, 6.45) is 2.25. The molecule has 108 valence electrons. The quantitative estimate of drug-likeness (QED) is 0.706. The van der Waals surface area contributed by atoms with E-state index in [4.69, 9.17) is 9.84 Å². The zero-order chi connectivity index (χ0) is 13.8. The number of carboxylic acids is 1. The number of ether oxygens (including phenoxy) is 1. The lowest BCUT2D eigenvalue weighted by Crippen LogP contribution is -2.54. The zero-order valence-corrected chi connectivity index (χ0v) is 11.3. The van der Waals surface area contributed by atoms with E-state index in [2.05, 4.69) is 5.32 Å². The van der Waals surface area contributed by atoms with Gasteiger partial charge in [0.15, 0.2) is 0 Å². The number of nitrogens with zero attached hydrogens (tertiary/aromatic N) is 1. The molecule has 0 bridgehead atoms. The number of amides is 1. The molecule has 2 unspecified atom stereocenters. The van der Waals surface area contributed by atoms with Crippen molar-refractivity contribution in [3.05, 3.63) is 0 Å². The van der Waals surface area contributed by atoms with Gasteiger partial charge in [0, 0.05) is 26.2 Å². The first-order valence-electron chi connectivity index (χ1n) is 6.89. The lowest BCUT2D eigenvalue weighted by molar-refractivity contribution is -0.145. The Bertz CT molecular complexity index is 336. The second-order valence-electron chi connectivity index (χ2n) is 5.52. The number of hydrogen-bond acceptors (Lipinski definition) is 4. The van der Waals surface area contributed by atoms with Crippen LogP contribution in [0.3, 0.4) is 0 Å². The molecule has 0 saturated carbocycles. The summed E-state index contributed by atoms with van der Waals surface area (Å²) in [5.74, 6) is -0.918. The third kappa shape index (κ3) is 3.91. The minimum absolute atomic E-state index is 0.00284. The van der Waals surface area contributed by atoms with Crippen LogP contribution in [0.2, 0.25) is 0 Å². The molecular formula is C13H22N2O4. The van der Waals surface area contributed by atoms with Crippen molar-refractivity contribution in [3.8, 4) is 0 Å². The molecule has 2 aliphatic heterocycles. The molecule has 2 aliphatic rings. The molecule has 0 spiro atoms. The van der Waals surface area contributed by atoms with Gasteiger partial charge in [-0.2, -0.15) is 0 Å². The Labute approximate surface area is 113 Å². The van der Waals surface area contributed by atoms with E-state index in [1.165, 1.54) is 0 Å². The lowest BCUT2D eigenvalue weighted by atomic mass is 9.87. The number of carbonyl (C=O) groups is 2. The zero-order valence-electron chi connectivity index (χ0n) is 11.3. The van der Waals surface area contributed by atoms with Crippen molar-refractivity contribution >= 4 is 11.9 Å². The summed E-state index contributed by atoms with van der Waals surface area (Å²) in [6.45, 7) is 4.85. The summed E-state index contributed by atoms with van der Waals surface area (Å²) in [5.41, 5.74) is 0. The van der Waals surface area contributed by atoms with Gasteiger partial charge in [-0.25, -0.2) is 0 Å². The normalized spacial score (nSPS) is 25.8. The minimum Gasteiger partial charge on any atom is -0.481 e. The first-order chi connectivity index (χ1) is 9.06. The van der Waals surface area contributed by atoms with Gasteiger partial charge in [0.2, 0.25) is 5.91 Å². The molecule has 6 nitrogen and oxygen atoms in total. The molecule has 2 fully saturated rings. The van der Waals surface area contributed by atoms with Gasteiger partial charge in [0.05, 0.1) is 18.6 Å². The van der Waals surface area contributed by atoms with Gasteiger partial charge in [-0.1, -0.05) is 6.92 Å². The van der Waals surface area contributed by atoms with Crippen LogP contribution in [-0.2, 0) is 14.3 Å². The maximum atomic E-state index is 11.7. The summed E-state index contributed by atoms with van der Waals surface area (Å²) < 4.78 is 5.43. The molecule has 0 aromatic heterocycles. The van der Waals surface area contributed by atoms with E-state index in [0.29, 0.717) is 26.2 Å². The van der Waals surface area contributed by atoms with Crippen LogP contribution in [0.1, 0.15) is 19.8 Å². The molecule has 0 aromatic carbocycles. The highest BCUT2D eigenvalue weighted by Crippen LogP contribution is 2.23. The van der Waals surface area contributed by atoms with Gasteiger partial charge in [-0.3, -0.25) is 14.5 Å². The summed E-state index contributed by atoms with van der Waals surface area (Å²) in [4.78, 5) is 24.5. The van der Waals surface area contributed by atoms with Crippen LogP contribution in [0.15, 0.2) is 0 Å². The molecule has 0 aliphatic carbocycles. The average Bonchev–Trinajstić information content (AvgIpc) is 2.82. The number of rotatable bonds is 6. The van der Waals surface area contributed by atoms with E-state index >= 15 is 0 Å². The Morgan fingerprint density at radius 2 is 2.21 bits per heavy atom. The number of likely N-dealkylation sites (tertiary alicyclic amines) is 1. The molecule has 6 heteroatoms. The van der Waals surface area contributed by atoms with Crippen molar-refractivity contribution < 1.29 is 19.4 Å². The van der Waals surface area contributed by atoms with Crippen LogP contribution in [0.4, 0.5) is 0 Å². The molecular weight excluding hydrogens is 248 g/mol. The Morgan fingerprint density at radius 1 is 1.47 bits per heavy atom. The highest BCUT2D eigenvalue weighted by Gasteiger charge is 2.35. The Morgan fingerprint density at radius 3 is 2.79 bits per heavy atom. The molecule has 2 heterocycles. The lowest BCUT2D eigenvalue weighted by Gasteiger charge is -2.40. The molecule has 1 amide bonds. The summed E-state index contributed by atoms with van der Waals surface area (Å²) >= 11 is 0. The molecule has 0 aromatic rings. The predicted molar refractivity (Wildman–Crippen MR) is 68.7 cm³/mol. The number of hydrogen-bond donors (Lipinski definition) is 2. The summed E-state index contributed by atoms with van der Waals surface area (Å²) in [7, 11) is 0. The highest BCUT2D eigenvalue weighted by atomic mass is 16.5. The van der Waals surface area contributed by atoms with Crippen molar-refractivity contribution in [1.82, 2.24) is 10.2 Å². The first-order valence-corrected chi connectivity index (χ1v) is 6.89. The Hall–Kier alpha value is -1.14. The fourth-order valence-corrected chi connectivity index (χ4v) is 2.55. The molecule has 2 rings (SSSR count). The van der Waals surface area contributed by atoms with Crippen LogP contribution in [0.25, 0.3) is 0 Å². The van der Waals surface area contributed by atoms with Gasteiger partial charge in [0.1, 0.15) is 0 Å². The van der Waals surface area contributed by atoms with E-state index < -0.39 is 5.97 Å². The van der Waals surface area contributed by atoms with Crippen LogP contribution >= 0.6 is 0 Å². The highest BCUT2D eigenvalue weighted by molar-refractivity contribution is 5.78. The van der Waals surface area contributed by atoms with Crippen molar-refractivity contribution in [2.75, 3.05) is 32.8 Å². The van der Waals surface area contributed by atoms with E-state index in [-0.39, 0.29) is 23.8 Å². The van der Waals surface area contributed by atoms with Gasteiger partial charge < -0.3 is 15.2 Å². The van der Waals surface area contributed by atoms with Crippen molar-refractivity contribution in [3.63, 3.8) is 0 Å². The molecule has 2 atom stereocenters. The first kappa shape index (κ1) is 14.3. The van der Waals surface area contributed by atoms with E-state index in [9.17, 15) is 9.59 Å². The standard InChI is InChI=1S/C13H22N2O4/c1-9(13(17)18)10-6-15(7-10)8-12(16)14-5-11-3-2-4-19-11/h9-11H,2-8H2,1H3,(H,14,16)(H,17,18). The maximum absolute atomic E-state index is 11.7. The van der Waals surface area contributed by atoms with Crippen LogP contribution in [0, 0.1) is 11.8 Å². The second-order valence-corrected chi connectivity index (χ2v) is 5.52. The molecule has 19 heavy (non-hydrogen) atoms. The average molecular weight is 270 g/mol. The fraction of sp³-hybridized carbons (Fsp3) is 0.846. The van der Waals surface area contributed by atoms with E-state index in [1.807, 2.05) is 4.90 Å². The predicted octanol–water partition coefficient (Wildman–Crippen LogP) is -0.0659. The largest absolute Gasteiger partial charge is 0.481 e. The minimum atomic E-state index is -0.757.